The first kappa shape index (κ1) is 23.6. The summed E-state index contributed by atoms with van der Waals surface area (Å²) in [6.45, 7) is 0. The van der Waals surface area contributed by atoms with Crippen LogP contribution in [0.25, 0.3) is 22.4 Å². The zero-order chi connectivity index (χ0) is 24.4. The minimum Gasteiger partial charge on any atom is -0.338 e. The predicted molar refractivity (Wildman–Crippen MR) is 149 cm³/mol. The Morgan fingerprint density at radius 2 is 1.20 bits per heavy atom. The summed E-state index contributed by atoms with van der Waals surface area (Å²) in [7, 11) is 0. The molecule has 0 saturated heterocycles. The minimum absolute atomic E-state index is 0.551. The van der Waals surface area contributed by atoms with Crippen molar-refractivity contribution in [3.05, 3.63) is 110 Å². The maximum atomic E-state index is 6.23. The number of fused-ring (bicyclic) bond motifs is 1. The van der Waals surface area contributed by atoms with E-state index in [1.165, 1.54) is 0 Å². The number of H-pyrrole nitrogens is 1. The Morgan fingerprint density at radius 1 is 0.629 bits per heavy atom. The normalized spacial score (nSPS) is 11.8. The highest BCUT2D eigenvalue weighted by atomic mass is 35.5. The first-order valence-corrected chi connectivity index (χ1v) is 12.0. The van der Waals surface area contributed by atoms with E-state index in [1.807, 2.05) is 54.6 Å². The molecule has 172 valence electrons. The van der Waals surface area contributed by atoms with Gasteiger partial charge in [0.25, 0.3) is 0 Å². The Balaban J connectivity index is 1.34. The fourth-order valence-corrected chi connectivity index (χ4v) is 4.34. The quantitative estimate of drug-likeness (QED) is 0.223. The molecule has 5 rings (SSSR count). The molecule has 35 heavy (non-hydrogen) atoms. The second-order valence-corrected chi connectivity index (χ2v) is 9.37. The lowest BCUT2D eigenvalue weighted by molar-refractivity contribution is 1.33. The van der Waals surface area contributed by atoms with E-state index in [-0.39, 0.29) is 0 Å². The molecule has 0 unspecified atom stereocenters. The molecule has 1 heterocycles. The zero-order valence-electron chi connectivity index (χ0n) is 18.0. The van der Waals surface area contributed by atoms with Crippen molar-refractivity contribution >= 4 is 81.2 Å². The lowest BCUT2D eigenvalue weighted by Gasteiger charge is -2.00. The summed E-state index contributed by atoms with van der Waals surface area (Å²) in [5, 5.41) is 2.28. The number of hydrogen-bond acceptors (Lipinski definition) is 3. The van der Waals surface area contributed by atoms with Gasteiger partial charge in [-0.15, -0.1) is 0 Å². The Labute approximate surface area is 221 Å². The van der Waals surface area contributed by atoms with E-state index in [0.717, 1.165) is 44.9 Å². The molecule has 5 aromatic rings. The number of aromatic nitrogens is 2. The molecule has 0 atom stereocenters. The van der Waals surface area contributed by atoms with Crippen molar-refractivity contribution in [3.63, 3.8) is 0 Å². The molecule has 0 amide bonds. The van der Waals surface area contributed by atoms with Crippen molar-refractivity contribution in [1.29, 1.82) is 0 Å². The topological polar surface area (TPSA) is 53.4 Å². The van der Waals surface area contributed by atoms with Crippen LogP contribution in [0.4, 0.5) is 11.4 Å². The van der Waals surface area contributed by atoms with Crippen LogP contribution in [0.2, 0.25) is 20.1 Å². The van der Waals surface area contributed by atoms with Gasteiger partial charge in [0, 0.05) is 39.2 Å². The molecule has 0 fully saturated rings. The molecule has 0 saturated carbocycles. The lowest BCUT2D eigenvalue weighted by Crippen LogP contribution is -1.83. The maximum Gasteiger partial charge on any atom is 0.138 e. The number of nitrogens with zero attached hydrogens (tertiary/aromatic N) is 3. The van der Waals surface area contributed by atoms with Crippen LogP contribution in [-0.2, 0) is 0 Å². The summed E-state index contributed by atoms with van der Waals surface area (Å²) in [6.07, 6.45) is 3.43. The summed E-state index contributed by atoms with van der Waals surface area (Å²) >= 11 is 24.3. The van der Waals surface area contributed by atoms with E-state index in [9.17, 15) is 0 Å². The third-order valence-electron chi connectivity index (χ3n) is 5.24. The SMILES string of the molecule is Clc1ccc(C=Nc2ccc(-c3nc4ccc(N=Cc5ccc(Cl)cc5Cl)cc4[nH]3)cc2)c(Cl)c1. The van der Waals surface area contributed by atoms with E-state index in [0.29, 0.717) is 20.1 Å². The van der Waals surface area contributed by atoms with Gasteiger partial charge in [-0.25, -0.2) is 4.98 Å². The van der Waals surface area contributed by atoms with Gasteiger partial charge in [-0.3, -0.25) is 9.98 Å². The average Bonchev–Trinajstić information content (AvgIpc) is 3.27. The van der Waals surface area contributed by atoms with Crippen molar-refractivity contribution < 1.29 is 0 Å². The summed E-state index contributed by atoms with van der Waals surface area (Å²) in [4.78, 5) is 17.1. The summed E-state index contributed by atoms with van der Waals surface area (Å²) in [5.41, 5.74) is 5.86. The minimum atomic E-state index is 0.551. The van der Waals surface area contributed by atoms with Crippen molar-refractivity contribution in [1.82, 2.24) is 9.97 Å². The molecule has 0 spiro atoms. The van der Waals surface area contributed by atoms with Crippen LogP contribution in [0.1, 0.15) is 11.1 Å². The van der Waals surface area contributed by atoms with E-state index in [2.05, 4.69) is 15.0 Å². The van der Waals surface area contributed by atoms with Gasteiger partial charge in [-0.2, -0.15) is 0 Å². The van der Waals surface area contributed by atoms with Gasteiger partial charge in [0.2, 0.25) is 0 Å². The van der Waals surface area contributed by atoms with Gasteiger partial charge in [-0.1, -0.05) is 58.5 Å². The van der Waals surface area contributed by atoms with Crippen molar-refractivity contribution in [2.45, 2.75) is 0 Å². The number of hydrogen-bond donors (Lipinski definition) is 1. The molecular formula is C27H16Cl4N4. The lowest BCUT2D eigenvalue weighted by atomic mass is 10.2. The van der Waals surface area contributed by atoms with Crippen LogP contribution in [0.15, 0.2) is 88.8 Å². The zero-order valence-corrected chi connectivity index (χ0v) is 21.0. The van der Waals surface area contributed by atoms with Crippen LogP contribution in [0.3, 0.4) is 0 Å². The summed E-state index contributed by atoms with van der Waals surface area (Å²) < 4.78 is 0. The second-order valence-electron chi connectivity index (χ2n) is 7.68. The number of aromatic amines is 1. The Kier molecular flexibility index (Phi) is 6.89. The molecule has 4 aromatic carbocycles. The third kappa shape index (κ3) is 5.58. The molecular weight excluding hydrogens is 522 g/mol. The van der Waals surface area contributed by atoms with Crippen molar-refractivity contribution in [2.75, 3.05) is 0 Å². The number of benzene rings is 4. The molecule has 0 aliphatic rings. The Morgan fingerprint density at radius 3 is 1.80 bits per heavy atom. The van der Waals surface area contributed by atoms with E-state index in [1.54, 1.807) is 36.7 Å². The van der Waals surface area contributed by atoms with Gasteiger partial charge < -0.3 is 4.98 Å². The highest BCUT2D eigenvalue weighted by Gasteiger charge is 2.07. The molecule has 1 aromatic heterocycles. The standard InChI is InChI=1S/C27H16Cl4N4/c28-19-5-1-17(23(30)11-19)14-32-21-7-3-16(4-8-21)27-34-25-10-9-22(13-26(25)35-27)33-15-18-2-6-20(29)12-24(18)31/h1-15H,(H,34,35). The Bertz CT molecular complexity index is 1590. The molecule has 0 aliphatic heterocycles. The fraction of sp³-hybridized carbons (Fsp3) is 0. The number of halogens is 4. The first-order valence-electron chi connectivity index (χ1n) is 10.5. The maximum absolute atomic E-state index is 6.23. The second kappa shape index (κ2) is 10.2. The summed E-state index contributed by atoms with van der Waals surface area (Å²) in [6, 6.07) is 24.2. The molecule has 0 aliphatic carbocycles. The average molecular weight is 538 g/mol. The highest BCUT2D eigenvalue weighted by molar-refractivity contribution is 6.36. The number of nitrogens with one attached hydrogen (secondary N) is 1. The van der Waals surface area contributed by atoms with Gasteiger partial charge >= 0.3 is 0 Å². The smallest absolute Gasteiger partial charge is 0.138 e. The molecule has 8 heteroatoms. The van der Waals surface area contributed by atoms with E-state index in [4.69, 9.17) is 51.4 Å². The largest absolute Gasteiger partial charge is 0.338 e. The third-order valence-corrected chi connectivity index (χ3v) is 6.36. The van der Waals surface area contributed by atoms with Crippen LogP contribution < -0.4 is 0 Å². The van der Waals surface area contributed by atoms with E-state index >= 15 is 0 Å². The van der Waals surface area contributed by atoms with Gasteiger partial charge in [0.1, 0.15) is 5.82 Å². The van der Waals surface area contributed by atoms with Gasteiger partial charge in [0.15, 0.2) is 0 Å². The van der Waals surface area contributed by atoms with Crippen LogP contribution in [0, 0.1) is 0 Å². The summed E-state index contributed by atoms with van der Waals surface area (Å²) in [5.74, 6) is 0.762. The van der Waals surface area contributed by atoms with Crippen LogP contribution >= 0.6 is 46.4 Å². The van der Waals surface area contributed by atoms with E-state index < -0.39 is 0 Å². The number of imidazole rings is 1. The highest BCUT2D eigenvalue weighted by Crippen LogP contribution is 2.27. The van der Waals surface area contributed by atoms with Gasteiger partial charge in [0.05, 0.1) is 32.5 Å². The number of rotatable bonds is 5. The van der Waals surface area contributed by atoms with Crippen molar-refractivity contribution in [3.8, 4) is 11.4 Å². The van der Waals surface area contributed by atoms with Crippen molar-refractivity contribution in [2.24, 2.45) is 9.98 Å². The first-order chi connectivity index (χ1) is 16.9. The monoisotopic (exact) mass is 536 g/mol. The molecule has 0 bridgehead atoms. The fourth-order valence-electron chi connectivity index (χ4n) is 3.42. The van der Waals surface area contributed by atoms with Gasteiger partial charge in [-0.05, 0) is 66.7 Å². The van der Waals surface area contributed by atoms with Crippen LogP contribution in [0.5, 0.6) is 0 Å². The molecule has 1 N–H and O–H groups in total. The molecule has 4 nitrogen and oxygen atoms in total. The molecule has 0 radical (unpaired) electrons. The number of aliphatic imine (C=N–C) groups is 2. The van der Waals surface area contributed by atoms with Crippen LogP contribution in [-0.4, -0.2) is 22.4 Å². The predicted octanol–water partition coefficient (Wildman–Crippen LogP) is 9.34. The Hall–Kier alpha value is -3.15.